The molecule has 1 aliphatic rings. The molecule has 0 aromatic heterocycles. The van der Waals surface area contributed by atoms with Crippen molar-refractivity contribution in [2.24, 2.45) is 0 Å². The molecule has 0 radical (unpaired) electrons. The Kier molecular flexibility index (Phi) is 5.61. The van der Waals surface area contributed by atoms with E-state index in [1.807, 2.05) is 48.2 Å². The van der Waals surface area contributed by atoms with E-state index in [1.54, 1.807) is 12.1 Å². The molecule has 0 spiro atoms. The van der Waals surface area contributed by atoms with Crippen molar-refractivity contribution >= 4 is 17.5 Å². The minimum atomic E-state index is -0.313. The Morgan fingerprint density at radius 2 is 1.77 bits per heavy atom. The topological polar surface area (TPSA) is 49.4 Å². The van der Waals surface area contributed by atoms with Gasteiger partial charge in [-0.3, -0.25) is 9.59 Å². The summed E-state index contributed by atoms with van der Waals surface area (Å²) in [5.74, 6) is -0.414. The van der Waals surface area contributed by atoms with Crippen molar-refractivity contribution in [2.45, 2.75) is 26.3 Å². The van der Waals surface area contributed by atoms with Crippen LogP contribution in [0.3, 0.4) is 0 Å². The van der Waals surface area contributed by atoms with Gasteiger partial charge in [0, 0.05) is 24.3 Å². The largest absolute Gasteiger partial charge is 0.352 e. The summed E-state index contributed by atoms with van der Waals surface area (Å²) in [7, 11) is 0. The van der Waals surface area contributed by atoms with Crippen LogP contribution in [-0.2, 0) is 24.2 Å². The number of hydrogen-bond acceptors (Lipinski definition) is 2. The van der Waals surface area contributed by atoms with E-state index in [-0.39, 0.29) is 24.1 Å². The lowest BCUT2D eigenvalue weighted by Gasteiger charge is -2.18. The van der Waals surface area contributed by atoms with Crippen molar-refractivity contribution in [3.63, 3.8) is 0 Å². The van der Waals surface area contributed by atoms with Gasteiger partial charge in [0.1, 0.15) is 5.82 Å². The lowest BCUT2D eigenvalue weighted by molar-refractivity contribution is -0.120. The standard InChI is InChI=1S/C25H23FN2O2/c1-17-3-2-4-21(13-17)25(30)28-12-11-20-14-19(7-10-23(20)28)16-27-24(29)15-18-5-8-22(26)9-6-18/h2-10,13-14H,11-12,15-16H2,1H3,(H,27,29). The SMILES string of the molecule is Cc1cccc(C(=O)N2CCc3cc(CNC(=O)Cc4ccc(F)cc4)ccc32)c1. The van der Waals surface area contributed by atoms with Gasteiger partial charge in [-0.2, -0.15) is 0 Å². The Morgan fingerprint density at radius 1 is 1.00 bits per heavy atom. The fraction of sp³-hybridized carbons (Fsp3) is 0.200. The summed E-state index contributed by atoms with van der Waals surface area (Å²) in [5, 5.41) is 2.91. The summed E-state index contributed by atoms with van der Waals surface area (Å²) in [6, 6.07) is 19.5. The van der Waals surface area contributed by atoms with Gasteiger partial charge in [0.2, 0.25) is 5.91 Å². The van der Waals surface area contributed by atoms with Crippen molar-refractivity contribution in [3.8, 4) is 0 Å². The molecule has 0 aliphatic carbocycles. The van der Waals surface area contributed by atoms with Crippen LogP contribution in [0.4, 0.5) is 10.1 Å². The molecule has 1 heterocycles. The molecule has 1 aliphatic heterocycles. The summed E-state index contributed by atoms with van der Waals surface area (Å²) < 4.78 is 13.0. The highest BCUT2D eigenvalue weighted by atomic mass is 19.1. The number of halogens is 1. The van der Waals surface area contributed by atoms with Crippen molar-refractivity contribution in [1.82, 2.24) is 5.32 Å². The highest BCUT2D eigenvalue weighted by Gasteiger charge is 2.25. The molecule has 3 aromatic rings. The molecule has 5 heteroatoms. The average molecular weight is 402 g/mol. The number of rotatable bonds is 5. The van der Waals surface area contributed by atoms with E-state index in [0.717, 1.165) is 34.4 Å². The fourth-order valence-corrected chi connectivity index (χ4v) is 3.76. The second-order valence-electron chi connectivity index (χ2n) is 7.62. The molecule has 0 saturated heterocycles. The Bertz CT molecular complexity index is 1090. The highest BCUT2D eigenvalue weighted by molar-refractivity contribution is 6.07. The predicted molar refractivity (Wildman–Crippen MR) is 115 cm³/mol. The number of hydrogen-bond donors (Lipinski definition) is 1. The maximum atomic E-state index is 13.0. The molecule has 0 bridgehead atoms. The third kappa shape index (κ3) is 4.40. The van der Waals surface area contributed by atoms with Crippen LogP contribution in [0.1, 0.15) is 32.6 Å². The lowest BCUT2D eigenvalue weighted by Crippen LogP contribution is -2.28. The van der Waals surface area contributed by atoms with Crippen LogP contribution >= 0.6 is 0 Å². The van der Waals surface area contributed by atoms with E-state index >= 15 is 0 Å². The zero-order valence-corrected chi connectivity index (χ0v) is 16.8. The number of amides is 2. The van der Waals surface area contributed by atoms with Gasteiger partial charge in [0.05, 0.1) is 6.42 Å². The fourth-order valence-electron chi connectivity index (χ4n) is 3.76. The Balaban J connectivity index is 1.39. The summed E-state index contributed by atoms with van der Waals surface area (Å²) in [6.45, 7) is 3.05. The van der Waals surface area contributed by atoms with Crippen LogP contribution < -0.4 is 10.2 Å². The molecule has 3 aromatic carbocycles. The highest BCUT2D eigenvalue weighted by Crippen LogP contribution is 2.30. The molecule has 0 fully saturated rings. The number of anilines is 1. The van der Waals surface area contributed by atoms with E-state index in [0.29, 0.717) is 18.7 Å². The normalized spacial score (nSPS) is 12.5. The minimum absolute atomic E-state index is 0.0119. The molecule has 0 atom stereocenters. The predicted octanol–water partition coefficient (Wildman–Crippen LogP) is 4.20. The van der Waals surface area contributed by atoms with E-state index in [2.05, 4.69) is 11.4 Å². The van der Waals surface area contributed by atoms with Crippen molar-refractivity contribution in [2.75, 3.05) is 11.4 Å². The van der Waals surface area contributed by atoms with Crippen LogP contribution in [0.25, 0.3) is 0 Å². The number of nitrogens with one attached hydrogen (secondary N) is 1. The minimum Gasteiger partial charge on any atom is -0.352 e. The zero-order chi connectivity index (χ0) is 21.1. The first-order chi connectivity index (χ1) is 14.5. The van der Waals surface area contributed by atoms with Crippen LogP contribution in [0, 0.1) is 12.7 Å². The van der Waals surface area contributed by atoms with Crippen molar-refractivity contribution in [1.29, 1.82) is 0 Å². The number of benzene rings is 3. The molecular weight excluding hydrogens is 379 g/mol. The van der Waals surface area contributed by atoms with Gasteiger partial charge >= 0.3 is 0 Å². The average Bonchev–Trinajstić information content (AvgIpc) is 3.16. The molecule has 152 valence electrons. The van der Waals surface area contributed by atoms with Gasteiger partial charge in [-0.1, -0.05) is 42.0 Å². The number of carbonyl (C=O) groups excluding carboxylic acids is 2. The van der Waals surface area contributed by atoms with E-state index < -0.39 is 0 Å². The Morgan fingerprint density at radius 3 is 2.53 bits per heavy atom. The number of fused-ring (bicyclic) bond motifs is 1. The molecule has 4 nitrogen and oxygen atoms in total. The van der Waals surface area contributed by atoms with Gasteiger partial charge in [-0.15, -0.1) is 0 Å². The zero-order valence-electron chi connectivity index (χ0n) is 16.8. The molecule has 0 unspecified atom stereocenters. The summed E-state index contributed by atoms with van der Waals surface area (Å²) >= 11 is 0. The van der Waals surface area contributed by atoms with E-state index in [4.69, 9.17) is 0 Å². The van der Waals surface area contributed by atoms with Crippen molar-refractivity contribution in [3.05, 3.63) is 100 Å². The van der Waals surface area contributed by atoms with Crippen LogP contribution in [0.2, 0.25) is 0 Å². The first kappa shape index (κ1) is 19.8. The number of nitrogens with zero attached hydrogens (tertiary/aromatic N) is 1. The second-order valence-corrected chi connectivity index (χ2v) is 7.62. The van der Waals surface area contributed by atoms with Gasteiger partial charge in [-0.05, 0) is 60.4 Å². The lowest BCUT2D eigenvalue weighted by atomic mass is 10.1. The molecule has 30 heavy (non-hydrogen) atoms. The van der Waals surface area contributed by atoms with Crippen LogP contribution in [0.5, 0.6) is 0 Å². The molecule has 4 rings (SSSR count). The van der Waals surface area contributed by atoms with E-state index in [1.165, 1.54) is 12.1 Å². The maximum Gasteiger partial charge on any atom is 0.258 e. The molecular formula is C25H23FN2O2. The quantitative estimate of drug-likeness (QED) is 0.696. The molecule has 2 amide bonds. The van der Waals surface area contributed by atoms with Gasteiger partial charge in [0.15, 0.2) is 0 Å². The van der Waals surface area contributed by atoms with Gasteiger partial charge in [0.25, 0.3) is 5.91 Å². The van der Waals surface area contributed by atoms with Crippen molar-refractivity contribution < 1.29 is 14.0 Å². The number of carbonyl (C=O) groups is 2. The smallest absolute Gasteiger partial charge is 0.258 e. The number of aryl methyl sites for hydroxylation is 1. The Labute approximate surface area is 175 Å². The third-order valence-corrected chi connectivity index (χ3v) is 5.32. The summed E-state index contributed by atoms with van der Waals surface area (Å²) in [4.78, 5) is 26.9. The van der Waals surface area contributed by atoms with Gasteiger partial charge in [-0.25, -0.2) is 4.39 Å². The molecule has 0 saturated carbocycles. The van der Waals surface area contributed by atoms with Crippen LogP contribution in [0.15, 0.2) is 66.7 Å². The van der Waals surface area contributed by atoms with Gasteiger partial charge < -0.3 is 10.2 Å². The monoisotopic (exact) mass is 402 g/mol. The molecule has 1 N–H and O–H groups in total. The summed E-state index contributed by atoms with van der Waals surface area (Å²) in [5.41, 5.74) is 5.57. The van der Waals surface area contributed by atoms with Crippen LogP contribution in [-0.4, -0.2) is 18.4 Å². The summed E-state index contributed by atoms with van der Waals surface area (Å²) in [6.07, 6.45) is 1.01. The first-order valence-corrected chi connectivity index (χ1v) is 10.0. The third-order valence-electron chi connectivity index (χ3n) is 5.32. The van der Waals surface area contributed by atoms with E-state index in [9.17, 15) is 14.0 Å². The maximum absolute atomic E-state index is 13.0. The first-order valence-electron chi connectivity index (χ1n) is 10.0. The second kappa shape index (κ2) is 8.49. The Hall–Kier alpha value is -3.47.